The number of amides is 2. The zero-order valence-electron chi connectivity index (χ0n) is 28.4. The molecule has 2 aliphatic carbocycles. The van der Waals surface area contributed by atoms with Crippen molar-refractivity contribution in [3.8, 4) is 11.5 Å². The standard InChI is InChI=1S/C17H22F3NO6S.C16H23NO4.CH4/c1-15(2,3)26-14(23)21-16(10-22)8-7-11-5-4-6-13(12(11)9-16)27-28(24,25)17(18,19)20;1-15(2,3)21-14(20)17-16(10-18)8-7-11-5-4-6-13(19)12(11)9-16;/h4-6,22H,7-10H2,1-3H3,(H,21,23);4-6,18-19H,7-10H2,1-3H3,(H,17,20);1H4. The molecule has 0 aliphatic heterocycles. The topological polar surface area (TPSA) is 181 Å². The summed E-state index contributed by atoms with van der Waals surface area (Å²) in [6.45, 7) is 9.62. The lowest BCUT2D eigenvalue weighted by molar-refractivity contribution is -0.0500. The van der Waals surface area contributed by atoms with E-state index in [0.717, 1.165) is 17.2 Å². The number of carbonyl (C=O) groups excluding carboxylic acids is 2. The number of rotatable bonds is 6. The molecule has 2 amide bonds. The maximum Gasteiger partial charge on any atom is 0.534 e. The number of phenolic OH excluding ortho intramolecular Hbond substituents is 1. The smallest absolute Gasteiger partial charge is 0.508 e. The lowest BCUT2D eigenvalue weighted by atomic mass is 9.78. The van der Waals surface area contributed by atoms with Crippen molar-refractivity contribution in [2.45, 2.75) is 115 Å². The highest BCUT2D eigenvalue weighted by Gasteiger charge is 2.49. The molecule has 0 fully saturated rings. The van der Waals surface area contributed by atoms with Gasteiger partial charge in [0.1, 0.15) is 22.7 Å². The highest BCUT2D eigenvalue weighted by atomic mass is 32.2. The van der Waals surface area contributed by atoms with Crippen molar-refractivity contribution < 1.29 is 60.2 Å². The third-order valence-electron chi connectivity index (χ3n) is 7.87. The van der Waals surface area contributed by atoms with Crippen molar-refractivity contribution >= 4 is 22.3 Å². The molecule has 50 heavy (non-hydrogen) atoms. The molecule has 282 valence electrons. The fourth-order valence-electron chi connectivity index (χ4n) is 5.55. The molecular formula is C34H49F3N2O10S. The first-order valence-corrected chi connectivity index (χ1v) is 17.0. The molecule has 2 aromatic carbocycles. The highest BCUT2D eigenvalue weighted by Crippen LogP contribution is 2.37. The molecule has 0 spiro atoms. The fraction of sp³-hybridized carbons (Fsp3) is 0.588. The lowest BCUT2D eigenvalue weighted by Crippen LogP contribution is -2.55. The molecule has 0 saturated carbocycles. The maximum absolute atomic E-state index is 12.7. The highest BCUT2D eigenvalue weighted by molar-refractivity contribution is 7.88. The minimum absolute atomic E-state index is 0. The molecule has 0 aromatic heterocycles. The molecule has 5 N–H and O–H groups in total. The number of phenols is 1. The molecule has 2 unspecified atom stereocenters. The molecule has 12 nitrogen and oxygen atoms in total. The Morgan fingerprint density at radius 2 is 1.20 bits per heavy atom. The van der Waals surface area contributed by atoms with Crippen molar-refractivity contribution in [1.82, 2.24) is 10.6 Å². The van der Waals surface area contributed by atoms with Crippen LogP contribution in [0.5, 0.6) is 11.5 Å². The summed E-state index contributed by atoms with van der Waals surface area (Å²) in [7, 11) is -5.85. The van der Waals surface area contributed by atoms with Crippen LogP contribution in [0.25, 0.3) is 0 Å². The number of aryl methyl sites for hydroxylation is 2. The number of fused-ring (bicyclic) bond motifs is 2. The van der Waals surface area contributed by atoms with Gasteiger partial charge in [0.05, 0.1) is 24.3 Å². The SMILES string of the molecule is C.CC(C)(C)OC(=O)NC1(CO)CCc2cccc(O)c2C1.CC(C)(C)OC(=O)NC1(CO)CCc2cccc(OS(=O)(=O)C(F)(F)F)c2C1. The van der Waals surface area contributed by atoms with E-state index < -0.39 is 62.4 Å². The minimum Gasteiger partial charge on any atom is -0.508 e. The van der Waals surface area contributed by atoms with Crippen molar-refractivity contribution in [3.05, 3.63) is 58.7 Å². The number of halogens is 3. The van der Waals surface area contributed by atoms with E-state index in [2.05, 4.69) is 14.8 Å². The van der Waals surface area contributed by atoms with E-state index >= 15 is 0 Å². The number of alkyl halides is 3. The van der Waals surface area contributed by atoms with E-state index in [1.165, 1.54) is 6.07 Å². The summed E-state index contributed by atoms with van der Waals surface area (Å²) in [4.78, 5) is 24.1. The Kier molecular flexibility index (Phi) is 13.3. The van der Waals surface area contributed by atoms with Gasteiger partial charge < -0.3 is 39.6 Å². The zero-order valence-corrected chi connectivity index (χ0v) is 29.2. The quantitative estimate of drug-likeness (QED) is 0.190. The van der Waals surface area contributed by atoms with E-state index in [9.17, 15) is 46.5 Å². The molecule has 0 heterocycles. The van der Waals surface area contributed by atoms with Gasteiger partial charge in [-0.25, -0.2) is 9.59 Å². The number of carbonyl (C=O) groups is 2. The van der Waals surface area contributed by atoms with E-state index in [0.29, 0.717) is 24.8 Å². The van der Waals surface area contributed by atoms with Crippen LogP contribution in [0.4, 0.5) is 22.8 Å². The second kappa shape index (κ2) is 15.6. The molecule has 0 saturated heterocycles. The molecular weight excluding hydrogens is 685 g/mol. The van der Waals surface area contributed by atoms with Crippen LogP contribution >= 0.6 is 0 Å². The van der Waals surface area contributed by atoms with E-state index in [1.807, 2.05) is 6.07 Å². The number of aliphatic hydroxyl groups is 2. The van der Waals surface area contributed by atoms with Crippen molar-refractivity contribution in [2.24, 2.45) is 0 Å². The Labute approximate surface area is 291 Å². The number of aromatic hydroxyl groups is 1. The van der Waals surface area contributed by atoms with Gasteiger partial charge in [-0.1, -0.05) is 31.7 Å². The number of alkyl carbamates (subject to hydrolysis) is 2. The van der Waals surface area contributed by atoms with Gasteiger partial charge in [0.2, 0.25) is 0 Å². The monoisotopic (exact) mass is 734 g/mol. The van der Waals surface area contributed by atoms with Crippen LogP contribution in [0, 0.1) is 0 Å². The average Bonchev–Trinajstić information content (AvgIpc) is 2.95. The van der Waals surface area contributed by atoms with Crippen LogP contribution in [-0.4, -0.2) is 76.9 Å². The largest absolute Gasteiger partial charge is 0.534 e. The van der Waals surface area contributed by atoms with Crippen LogP contribution < -0.4 is 14.8 Å². The predicted molar refractivity (Wildman–Crippen MR) is 179 cm³/mol. The Morgan fingerprint density at radius 3 is 1.62 bits per heavy atom. The third-order valence-corrected chi connectivity index (χ3v) is 8.84. The molecule has 2 aliphatic rings. The summed E-state index contributed by atoms with van der Waals surface area (Å²) in [5.41, 5.74) is -6.37. The average molecular weight is 735 g/mol. The van der Waals surface area contributed by atoms with E-state index in [1.54, 1.807) is 59.7 Å². The second-order valence-corrected chi connectivity index (χ2v) is 15.8. The summed E-state index contributed by atoms with van der Waals surface area (Å²) in [5.74, 6) is -0.283. The summed E-state index contributed by atoms with van der Waals surface area (Å²) >= 11 is 0. The van der Waals surface area contributed by atoms with Crippen molar-refractivity contribution in [3.63, 3.8) is 0 Å². The first-order valence-electron chi connectivity index (χ1n) is 15.6. The van der Waals surface area contributed by atoms with Gasteiger partial charge in [-0.05, 0) is 96.0 Å². The van der Waals surface area contributed by atoms with Gasteiger partial charge in [0.25, 0.3) is 0 Å². The van der Waals surface area contributed by atoms with Gasteiger partial charge in [-0.15, -0.1) is 0 Å². The van der Waals surface area contributed by atoms with Crippen LogP contribution in [-0.2, 0) is 45.3 Å². The number of nitrogens with one attached hydrogen (secondary N) is 2. The van der Waals surface area contributed by atoms with Gasteiger partial charge >= 0.3 is 27.8 Å². The summed E-state index contributed by atoms with van der Waals surface area (Å²) < 4.78 is 75.5. The maximum atomic E-state index is 12.7. The second-order valence-electron chi connectivity index (χ2n) is 14.3. The van der Waals surface area contributed by atoms with E-state index in [-0.39, 0.29) is 44.6 Å². The predicted octanol–water partition coefficient (Wildman–Crippen LogP) is 5.43. The lowest BCUT2D eigenvalue weighted by Gasteiger charge is -2.38. The number of benzene rings is 2. The molecule has 16 heteroatoms. The van der Waals surface area contributed by atoms with Crippen molar-refractivity contribution in [2.75, 3.05) is 13.2 Å². The van der Waals surface area contributed by atoms with Crippen LogP contribution in [0.3, 0.4) is 0 Å². The van der Waals surface area contributed by atoms with Gasteiger partial charge in [0.15, 0.2) is 0 Å². The van der Waals surface area contributed by atoms with Crippen LogP contribution in [0.15, 0.2) is 36.4 Å². The minimum atomic E-state index is -5.85. The van der Waals surface area contributed by atoms with Crippen LogP contribution in [0.2, 0.25) is 0 Å². The zero-order chi connectivity index (χ0) is 37.1. The van der Waals surface area contributed by atoms with Gasteiger partial charge in [-0.2, -0.15) is 21.6 Å². The number of hydrogen-bond donors (Lipinski definition) is 5. The first kappa shape index (κ1) is 42.4. The number of hydrogen-bond acceptors (Lipinski definition) is 10. The Morgan fingerprint density at radius 1 is 0.780 bits per heavy atom. The first-order chi connectivity index (χ1) is 22.4. The molecule has 4 rings (SSSR count). The summed E-state index contributed by atoms with van der Waals surface area (Å²) in [6.07, 6.45) is 0.799. The number of aliphatic hydroxyl groups excluding tert-OH is 2. The molecule has 2 atom stereocenters. The van der Waals surface area contributed by atoms with Crippen LogP contribution in [0.1, 0.15) is 84.1 Å². The molecule has 0 radical (unpaired) electrons. The van der Waals surface area contributed by atoms with E-state index in [4.69, 9.17) is 9.47 Å². The Balaban J connectivity index is 0.000000353. The normalized spacial score (nSPS) is 20.4. The Hall–Kier alpha value is -3.76. The van der Waals surface area contributed by atoms with Gasteiger partial charge in [0, 0.05) is 18.4 Å². The molecule has 2 aromatic rings. The fourth-order valence-corrected chi connectivity index (χ4v) is 6.04. The summed E-state index contributed by atoms with van der Waals surface area (Å²) in [5, 5.41) is 34.9. The summed E-state index contributed by atoms with van der Waals surface area (Å²) in [6, 6.07) is 9.50. The molecule has 0 bridgehead atoms. The van der Waals surface area contributed by atoms with Crippen molar-refractivity contribution in [1.29, 1.82) is 0 Å². The Bertz CT molecular complexity index is 1620. The van der Waals surface area contributed by atoms with Gasteiger partial charge in [-0.3, -0.25) is 0 Å². The third kappa shape index (κ3) is 11.1. The number of ether oxygens (including phenoxy) is 2.